The second kappa shape index (κ2) is 7.29. The predicted octanol–water partition coefficient (Wildman–Crippen LogP) is 4.94. The van der Waals surface area contributed by atoms with Crippen molar-refractivity contribution in [1.82, 2.24) is 14.8 Å². The lowest BCUT2D eigenvalue weighted by Gasteiger charge is -2.15. The number of hydrogen-bond donors (Lipinski definition) is 0. The van der Waals surface area contributed by atoms with Gasteiger partial charge in [0.25, 0.3) is 0 Å². The molecule has 2 heterocycles. The minimum absolute atomic E-state index is 0.319. The zero-order chi connectivity index (χ0) is 19.8. The molecule has 6 heteroatoms. The molecule has 0 N–H and O–H groups in total. The van der Waals surface area contributed by atoms with Crippen LogP contribution in [0.25, 0.3) is 27.6 Å². The first kappa shape index (κ1) is 17.8. The molecule has 1 aliphatic carbocycles. The molecule has 0 fully saturated rings. The Hall–Kier alpha value is -3.25. The van der Waals surface area contributed by atoms with Gasteiger partial charge in [0, 0.05) is 22.1 Å². The maximum Gasteiger partial charge on any atom is 0.357 e. The lowest BCUT2D eigenvalue weighted by Crippen LogP contribution is -2.06. The number of nitrogens with zero attached hydrogens (tertiary/aromatic N) is 3. The topological polar surface area (TPSA) is 57.0 Å². The molecule has 2 aromatic carbocycles. The molecule has 0 aliphatic heterocycles. The Labute approximate surface area is 172 Å². The highest BCUT2D eigenvalue weighted by Gasteiger charge is 2.27. The molecule has 0 spiro atoms. The summed E-state index contributed by atoms with van der Waals surface area (Å²) >= 11 is 1.40. The van der Waals surface area contributed by atoms with Crippen molar-refractivity contribution in [1.29, 1.82) is 0 Å². The highest BCUT2D eigenvalue weighted by molar-refractivity contribution is 7.12. The van der Waals surface area contributed by atoms with Gasteiger partial charge in [0.05, 0.1) is 18.0 Å². The van der Waals surface area contributed by atoms with Crippen molar-refractivity contribution in [3.63, 3.8) is 0 Å². The second-order valence-corrected chi connectivity index (χ2v) is 7.68. The first-order valence-corrected chi connectivity index (χ1v) is 10.5. The fourth-order valence-corrected chi connectivity index (χ4v) is 4.57. The third-order valence-corrected chi connectivity index (χ3v) is 5.92. The number of aryl methyl sites for hydroxylation is 1. The molecular formula is C23H19N3O2S. The summed E-state index contributed by atoms with van der Waals surface area (Å²) in [6, 6.07) is 18.7. The van der Waals surface area contributed by atoms with Crippen molar-refractivity contribution in [3.8, 4) is 27.6 Å². The number of thiazole rings is 1. The smallest absolute Gasteiger partial charge is 0.357 e. The molecule has 4 aromatic rings. The van der Waals surface area contributed by atoms with Gasteiger partial charge in [-0.2, -0.15) is 5.10 Å². The fraction of sp³-hybridized carbons (Fsp3) is 0.174. The van der Waals surface area contributed by atoms with E-state index in [-0.39, 0.29) is 0 Å². The molecule has 0 amide bonds. The van der Waals surface area contributed by atoms with Gasteiger partial charge in [0.1, 0.15) is 0 Å². The molecule has 29 heavy (non-hydrogen) atoms. The molecule has 2 aromatic heterocycles. The van der Waals surface area contributed by atoms with Crippen LogP contribution >= 0.6 is 11.3 Å². The van der Waals surface area contributed by atoms with Gasteiger partial charge >= 0.3 is 5.97 Å². The van der Waals surface area contributed by atoms with Crippen molar-refractivity contribution in [3.05, 3.63) is 76.8 Å². The molecular weight excluding hydrogens is 382 g/mol. The number of carbonyl (C=O) groups is 1. The van der Waals surface area contributed by atoms with E-state index in [1.54, 1.807) is 12.3 Å². The summed E-state index contributed by atoms with van der Waals surface area (Å²) < 4.78 is 6.98. The number of fused-ring (bicyclic) bond motifs is 3. The zero-order valence-corrected chi connectivity index (χ0v) is 16.8. The molecule has 0 radical (unpaired) electrons. The van der Waals surface area contributed by atoms with Crippen LogP contribution in [0.2, 0.25) is 0 Å². The summed E-state index contributed by atoms with van der Waals surface area (Å²) in [6.45, 7) is 2.12. The van der Waals surface area contributed by atoms with Crippen LogP contribution in [0.4, 0.5) is 0 Å². The zero-order valence-electron chi connectivity index (χ0n) is 16.0. The number of aromatic nitrogens is 3. The Balaban J connectivity index is 1.70. The van der Waals surface area contributed by atoms with Crippen molar-refractivity contribution >= 4 is 17.3 Å². The molecule has 0 bridgehead atoms. The van der Waals surface area contributed by atoms with Crippen LogP contribution in [-0.2, 0) is 17.6 Å². The van der Waals surface area contributed by atoms with E-state index in [1.165, 1.54) is 28.0 Å². The summed E-state index contributed by atoms with van der Waals surface area (Å²) in [5.41, 5.74) is 7.16. The Morgan fingerprint density at radius 2 is 1.90 bits per heavy atom. The van der Waals surface area contributed by atoms with E-state index in [2.05, 4.69) is 41.4 Å². The van der Waals surface area contributed by atoms with Crippen LogP contribution in [0.1, 0.15) is 28.5 Å². The minimum atomic E-state index is -0.404. The summed E-state index contributed by atoms with van der Waals surface area (Å²) in [4.78, 5) is 16.6. The normalized spacial score (nSPS) is 12.3. The van der Waals surface area contributed by atoms with E-state index in [4.69, 9.17) is 9.84 Å². The molecule has 0 saturated heterocycles. The SMILES string of the molecule is CCOC(=O)c1csc(-n2nc3c(c2-c2ccccc2)CCc2ccccc2-3)n1. The second-order valence-electron chi connectivity index (χ2n) is 6.85. The lowest BCUT2D eigenvalue weighted by molar-refractivity contribution is 0.0520. The van der Waals surface area contributed by atoms with E-state index >= 15 is 0 Å². The van der Waals surface area contributed by atoms with E-state index < -0.39 is 5.97 Å². The van der Waals surface area contributed by atoms with E-state index in [0.717, 1.165) is 29.8 Å². The fourth-order valence-electron chi connectivity index (χ4n) is 3.82. The van der Waals surface area contributed by atoms with Gasteiger partial charge in [-0.25, -0.2) is 14.5 Å². The average Bonchev–Trinajstić information content (AvgIpc) is 3.39. The monoisotopic (exact) mass is 401 g/mol. The summed E-state index contributed by atoms with van der Waals surface area (Å²) in [5.74, 6) is -0.404. The van der Waals surface area contributed by atoms with Crippen LogP contribution in [0.5, 0.6) is 0 Å². The first-order chi connectivity index (χ1) is 14.3. The van der Waals surface area contributed by atoms with Crippen molar-refractivity contribution in [2.75, 3.05) is 6.61 Å². The van der Waals surface area contributed by atoms with Crippen LogP contribution < -0.4 is 0 Å². The van der Waals surface area contributed by atoms with Crippen LogP contribution in [0.3, 0.4) is 0 Å². The number of esters is 1. The van der Waals surface area contributed by atoms with Gasteiger partial charge in [0.15, 0.2) is 5.69 Å². The van der Waals surface area contributed by atoms with Gasteiger partial charge in [-0.15, -0.1) is 11.3 Å². The summed E-state index contributed by atoms with van der Waals surface area (Å²) in [5, 5.41) is 7.37. The maximum atomic E-state index is 12.1. The summed E-state index contributed by atoms with van der Waals surface area (Å²) in [6.07, 6.45) is 1.91. The van der Waals surface area contributed by atoms with Gasteiger partial charge in [-0.05, 0) is 25.3 Å². The van der Waals surface area contributed by atoms with Crippen molar-refractivity contribution in [2.24, 2.45) is 0 Å². The first-order valence-electron chi connectivity index (χ1n) is 9.65. The molecule has 5 nitrogen and oxygen atoms in total. The third-order valence-electron chi connectivity index (χ3n) is 5.11. The summed E-state index contributed by atoms with van der Waals surface area (Å²) in [7, 11) is 0. The van der Waals surface area contributed by atoms with Gasteiger partial charge in [-0.1, -0.05) is 54.6 Å². The number of hydrogen-bond acceptors (Lipinski definition) is 5. The lowest BCUT2D eigenvalue weighted by atomic mass is 9.88. The van der Waals surface area contributed by atoms with E-state index in [1.807, 2.05) is 22.9 Å². The minimum Gasteiger partial charge on any atom is -0.461 e. The highest BCUT2D eigenvalue weighted by atomic mass is 32.1. The van der Waals surface area contributed by atoms with Crippen LogP contribution in [-0.4, -0.2) is 27.3 Å². The predicted molar refractivity (Wildman–Crippen MR) is 113 cm³/mol. The van der Waals surface area contributed by atoms with E-state index in [9.17, 15) is 4.79 Å². The third kappa shape index (κ3) is 3.06. The Kier molecular flexibility index (Phi) is 4.48. The number of benzene rings is 2. The number of rotatable bonds is 4. The Bertz CT molecular complexity index is 1190. The van der Waals surface area contributed by atoms with Crippen molar-refractivity contribution in [2.45, 2.75) is 19.8 Å². The quantitative estimate of drug-likeness (QED) is 0.455. The van der Waals surface area contributed by atoms with Gasteiger partial charge in [0.2, 0.25) is 5.13 Å². The standard InChI is InChI=1S/C23H19N3O2S/c1-2-28-22(27)19-14-29-23(24-19)26-21(16-9-4-3-5-10-16)18-13-12-15-8-6-7-11-17(15)20(18)25-26/h3-11,14H,2,12-13H2,1H3. The molecule has 1 aliphatic rings. The molecule has 0 atom stereocenters. The van der Waals surface area contributed by atoms with E-state index in [0.29, 0.717) is 17.4 Å². The molecule has 144 valence electrons. The van der Waals surface area contributed by atoms with Crippen LogP contribution in [0.15, 0.2) is 60.0 Å². The molecule has 5 rings (SSSR count). The Morgan fingerprint density at radius 3 is 2.72 bits per heavy atom. The molecule has 0 unspecified atom stereocenters. The molecule has 0 saturated carbocycles. The van der Waals surface area contributed by atoms with Crippen molar-refractivity contribution < 1.29 is 9.53 Å². The largest absolute Gasteiger partial charge is 0.461 e. The average molecular weight is 401 g/mol. The highest BCUT2D eigenvalue weighted by Crippen LogP contribution is 2.40. The Morgan fingerprint density at radius 1 is 1.10 bits per heavy atom. The van der Waals surface area contributed by atoms with Crippen LogP contribution in [0, 0.1) is 0 Å². The number of ether oxygens (including phenoxy) is 1. The maximum absolute atomic E-state index is 12.1. The number of carbonyl (C=O) groups excluding carboxylic acids is 1. The van der Waals surface area contributed by atoms with Gasteiger partial charge in [-0.3, -0.25) is 0 Å². The van der Waals surface area contributed by atoms with Gasteiger partial charge < -0.3 is 4.74 Å².